The van der Waals surface area contributed by atoms with Gasteiger partial charge in [-0.3, -0.25) is 4.79 Å². The summed E-state index contributed by atoms with van der Waals surface area (Å²) in [6.07, 6.45) is 5.89. The van der Waals surface area contributed by atoms with Crippen LogP contribution in [0.2, 0.25) is 0 Å². The molecule has 0 radical (unpaired) electrons. The van der Waals surface area contributed by atoms with E-state index in [0.29, 0.717) is 0 Å². The zero-order valence-electron chi connectivity index (χ0n) is 9.14. The van der Waals surface area contributed by atoms with Crippen LogP contribution in [0.4, 0.5) is 0 Å². The normalized spacial score (nSPS) is 21.1. The summed E-state index contributed by atoms with van der Waals surface area (Å²) in [6.45, 7) is 4.91. The molecule has 1 fully saturated rings. The van der Waals surface area contributed by atoms with E-state index in [2.05, 4.69) is 17.6 Å². The Balaban J connectivity index is 1.97. The van der Waals surface area contributed by atoms with Gasteiger partial charge >= 0.3 is 0 Å². The van der Waals surface area contributed by atoms with Crippen LogP contribution in [0, 0.1) is 5.92 Å². The zero-order chi connectivity index (χ0) is 10.2. The van der Waals surface area contributed by atoms with Crippen molar-refractivity contribution in [2.75, 3.05) is 19.6 Å². The summed E-state index contributed by atoms with van der Waals surface area (Å²) >= 11 is 0. The highest BCUT2D eigenvalue weighted by molar-refractivity contribution is 5.79. The predicted octanol–water partition coefficient (Wildman–Crippen LogP) is 1.29. The fourth-order valence-electron chi connectivity index (χ4n) is 1.79. The van der Waals surface area contributed by atoms with Crippen LogP contribution in [0.3, 0.4) is 0 Å². The van der Waals surface area contributed by atoms with Crippen LogP contribution < -0.4 is 10.6 Å². The summed E-state index contributed by atoms with van der Waals surface area (Å²) < 4.78 is 0. The van der Waals surface area contributed by atoms with Gasteiger partial charge in [-0.15, -0.1) is 0 Å². The fourth-order valence-corrected chi connectivity index (χ4v) is 1.79. The quantitative estimate of drug-likeness (QED) is 0.631. The Morgan fingerprint density at radius 1 is 1.43 bits per heavy atom. The molecular formula is C11H22N2O. The smallest absolute Gasteiger partial charge is 0.224 e. The van der Waals surface area contributed by atoms with Crippen molar-refractivity contribution in [3.63, 3.8) is 0 Å². The minimum absolute atomic E-state index is 0.223. The van der Waals surface area contributed by atoms with Crippen LogP contribution in [0.25, 0.3) is 0 Å². The molecule has 3 heteroatoms. The van der Waals surface area contributed by atoms with E-state index in [-0.39, 0.29) is 11.8 Å². The Morgan fingerprint density at radius 3 is 2.93 bits per heavy atom. The van der Waals surface area contributed by atoms with Crippen molar-refractivity contribution in [1.29, 1.82) is 0 Å². The number of unbranched alkanes of at least 4 members (excludes halogenated alkanes) is 3. The molecule has 1 atom stereocenters. The van der Waals surface area contributed by atoms with Gasteiger partial charge in [0.1, 0.15) is 0 Å². The minimum atomic E-state index is 0.223. The second-order valence-corrected chi connectivity index (χ2v) is 4.04. The fraction of sp³-hybridized carbons (Fsp3) is 0.909. The number of amides is 1. The molecule has 0 aliphatic carbocycles. The van der Waals surface area contributed by atoms with Crippen LogP contribution in [0.15, 0.2) is 0 Å². The van der Waals surface area contributed by atoms with Gasteiger partial charge in [-0.05, 0) is 19.4 Å². The summed E-state index contributed by atoms with van der Waals surface area (Å²) in [7, 11) is 0. The first-order valence-corrected chi connectivity index (χ1v) is 5.83. The van der Waals surface area contributed by atoms with E-state index >= 15 is 0 Å². The largest absolute Gasteiger partial charge is 0.356 e. The lowest BCUT2D eigenvalue weighted by atomic mass is 10.1. The Hall–Kier alpha value is -0.570. The van der Waals surface area contributed by atoms with E-state index in [9.17, 15) is 4.79 Å². The zero-order valence-corrected chi connectivity index (χ0v) is 9.14. The molecule has 0 spiro atoms. The SMILES string of the molecule is CCCCCCNC(=O)C1CCNC1. The lowest BCUT2D eigenvalue weighted by Gasteiger charge is -2.09. The van der Waals surface area contributed by atoms with Crippen molar-refractivity contribution < 1.29 is 4.79 Å². The summed E-state index contributed by atoms with van der Waals surface area (Å²) in [5.74, 6) is 0.465. The third kappa shape index (κ3) is 4.09. The van der Waals surface area contributed by atoms with Crippen molar-refractivity contribution in [1.82, 2.24) is 10.6 Å². The van der Waals surface area contributed by atoms with Gasteiger partial charge < -0.3 is 10.6 Å². The van der Waals surface area contributed by atoms with E-state index in [0.717, 1.165) is 32.5 Å². The molecule has 0 aromatic rings. The van der Waals surface area contributed by atoms with Gasteiger partial charge in [0.05, 0.1) is 5.92 Å². The highest BCUT2D eigenvalue weighted by Crippen LogP contribution is 2.07. The van der Waals surface area contributed by atoms with E-state index in [1.54, 1.807) is 0 Å². The van der Waals surface area contributed by atoms with Crippen molar-refractivity contribution in [3.05, 3.63) is 0 Å². The maximum absolute atomic E-state index is 11.5. The average Bonchev–Trinajstić information content (AvgIpc) is 2.70. The molecule has 82 valence electrons. The van der Waals surface area contributed by atoms with Crippen molar-refractivity contribution in [2.45, 2.75) is 39.0 Å². The van der Waals surface area contributed by atoms with Gasteiger partial charge in [-0.1, -0.05) is 26.2 Å². The van der Waals surface area contributed by atoms with Crippen LogP contribution >= 0.6 is 0 Å². The van der Waals surface area contributed by atoms with Crippen LogP contribution in [-0.2, 0) is 4.79 Å². The topological polar surface area (TPSA) is 41.1 Å². The standard InChI is InChI=1S/C11H22N2O/c1-2-3-4-5-7-13-11(14)10-6-8-12-9-10/h10,12H,2-9H2,1H3,(H,13,14). The number of nitrogens with one attached hydrogen (secondary N) is 2. The van der Waals surface area contributed by atoms with Crippen molar-refractivity contribution >= 4 is 5.91 Å². The summed E-state index contributed by atoms with van der Waals surface area (Å²) in [5.41, 5.74) is 0. The van der Waals surface area contributed by atoms with Crippen molar-refractivity contribution in [3.8, 4) is 0 Å². The third-order valence-corrected chi connectivity index (χ3v) is 2.76. The molecule has 1 heterocycles. The maximum Gasteiger partial charge on any atom is 0.224 e. The van der Waals surface area contributed by atoms with Crippen molar-refractivity contribution in [2.24, 2.45) is 5.92 Å². The highest BCUT2D eigenvalue weighted by atomic mass is 16.1. The molecule has 0 aromatic carbocycles. The lowest BCUT2D eigenvalue weighted by molar-refractivity contribution is -0.124. The second kappa shape index (κ2) is 6.82. The van der Waals surface area contributed by atoms with Crippen LogP contribution in [-0.4, -0.2) is 25.5 Å². The number of rotatable bonds is 6. The van der Waals surface area contributed by atoms with Gasteiger partial charge in [0.25, 0.3) is 0 Å². The lowest BCUT2D eigenvalue weighted by Crippen LogP contribution is -2.32. The number of hydrogen-bond acceptors (Lipinski definition) is 2. The predicted molar refractivity (Wildman–Crippen MR) is 58.1 cm³/mol. The van der Waals surface area contributed by atoms with Gasteiger partial charge in [-0.25, -0.2) is 0 Å². The molecule has 1 unspecified atom stereocenters. The Bertz CT molecular complexity index is 165. The Morgan fingerprint density at radius 2 is 2.29 bits per heavy atom. The van der Waals surface area contributed by atoms with E-state index < -0.39 is 0 Å². The molecule has 1 aliphatic heterocycles. The Kier molecular flexibility index (Phi) is 5.60. The van der Waals surface area contributed by atoms with E-state index in [4.69, 9.17) is 0 Å². The molecule has 1 aliphatic rings. The molecule has 2 N–H and O–H groups in total. The van der Waals surface area contributed by atoms with Gasteiger partial charge in [0.15, 0.2) is 0 Å². The molecule has 0 saturated carbocycles. The second-order valence-electron chi connectivity index (χ2n) is 4.04. The maximum atomic E-state index is 11.5. The molecule has 1 rings (SSSR count). The molecular weight excluding hydrogens is 176 g/mol. The van der Waals surface area contributed by atoms with Gasteiger partial charge in [-0.2, -0.15) is 0 Å². The molecule has 1 amide bonds. The van der Waals surface area contributed by atoms with Crippen LogP contribution in [0.5, 0.6) is 0 Å². The van der Waals surface area contributed by atoms with E-state index in [1.165, 1.54) is 19.3 Å². The molecule has 1 saturated heterocycles. The first-order valence-electron chi connectivity index (χ1n) is 5.83. The molecule has 0 bridgehead atoms. The monoisotopic (exact) mass is 198 g/mol. The summed E-state index contributed by atoms with van der Waals surface area (Å²) in [6, 6.07) is 0. The first-order chi connectivity index (χ1) is 6.84. The summed E-state index contributed by atoms with van der Waals surface area (Å²) in [4.78, 5) is 11.5. The molecule has 0 aromatic heterocycles. The average molecular weight is 198 g/mol. The van der Waals surface area contributed by atoms with Gasteiger partial charge in [0.2, 0.25) is 5.91 Å². The van der Waals surface area contributed by atoms with Gasteiger partial charge in [0, 0.05) is 13.1 Å². The van der Waals surface area contributed by atoms with E-state index in [1.807, 2.05) is 0 Å². The third-order valence-electron chi connectivity index (χ3n) is 2.76. The first kappa shape index (κ1) is 11.5. The van der Waals surface area contributed by atoms with Crippen LogP contribution in [0.1, 0.15) is 39.0 Å². The number of hydrogen-bond donors (Lipinski definition) is 2. The summed E-state index contributed by atoms with van der Waals surface area (Å²) in [5, 5.41) is 6.21. The Labute approximate surface area is 86.6 Å². The molecule has 3 nitrogen and oxygen atoms in total. The minimum Gasteiger partial charge on any atom is -0.356 e. The highest BCUT2D eigenvalue weighted by Gasteiger charge is 2.21. The number of carbonyl (C=O) groups is 1. The number of carbonyl (C=O) groups excluding carboxylic acids is 1. The molecule has 14 heavy (non-hydrogen) atoms.